The van der Waals surface area contributed by atoms with Gasteiger partial charge in [-0.15, -0.1) is 0 Å². The second-order valence-corrected chi connectivity index (χ2v) is 7.48. The number of benzene rings is 2. The summed E-state index contributed by atoms with van der Waals surface area (Å²) in [6, 6.07) is 17.1. The van der Waals surface area contributed by atoms with Gasteiger partial charge in [0.25, 0.3) is 0 Å². The van der Waals surface area contributed by atoms with Gasteiger partial charge in [-0.1, -0.05) is 48.5 Å². The molecule has 172 valence electrons. The van der Waals surface area contributed by atoms with Gasteiger partial charge in [-0.25, -0.2) is 4.79 Å². The van der Waals surface area contributed by atoms with E-state index in [1.807, 2.05) is 6.07 Å². The zero-order chi connectivity index (χ0) is 24.5. The summed E-state index contributed by atoms with van der Waals surface area (Å²) >= 11 is 0. The Bertz CT molecular complexity index is 1290. The molecule has 0 fully saturated rings. The Balaban J connectivity index is 2.17. The smallest absolute Gasteiger partial charge is 0.337 e. The largest absolute Gasteiger partial charge is 0.468 e. The third-order valence-corrected chi connectivity index (χ3v) is 5.73. The lowest BCUT2D eigenvalue weighted by Gasteiger charge is -2.35. The van der Waals surface area contributed by atoms with Crippen molar-refractivity contribution in [1.82, 2.24) is 4.90 Å². The zero-order valence-electron chi connectivity index (χ0n) is 18.5. The van der Waals surface area contributed by atoms with Crippen LogP contribution in [0.2, 0.25) is 0 Å². The predicted molar refractivity (Wildman–Crippen MR) is 119 cm³/mol. The lowest BCUT2D eigenvalue weighted by Crippen LogP contribution is -2.48. The summed E-state index contributed by atoms with van der Waals surface area (Å²) in [7, 11) is 1.19. The lowest BCUT2D eigenvalue weighted by molar-refractivity contribution is -0.145. The molecular formula is C25H21N3O6. The number of carbonyl (C=O) groups is 3. The van der Waals surface area contributed by atoms with E-state index in [2.05, 4.69) is 0 Å². The van der Waals surface area contributed by atoms with E-state index in [0.29, 0.717) is 5.56 Å². The van der Waals surface area contributed by atoms with Crippen LogP contribution in [0.25, 0.3) is 5.70 Å². The van der Waals surface area contributed by atoms with Crippen molar-refractivity contribution >= 4 is 23.5 Å². The third kappa shape index (κ3) is 3.19. The first-order chi connectivity index (χ1) is 16.4. The molecule has 4 rings (SSSR count). The van der Waals surface area contributed by atoms with Crippen molar-refractivity contribution in [2.75, 3.05) is 20.3 Å². The van der Waals surface area contributed by atoms with E-state index in [1.54, 1.807) is 61.5 Å². The predicted octanol–water partition coefficient (Wildman–Crippen LogP) is 2.00. The molecule has 0 bridgehead atoms. The summed E-state index contributed by atoms with van der Waals surface area (Å²) in [4.78, 5) is 41.3. The van der Waals surface area contributed by atoms with Crippen LogP contribution in [0.5, 0.6) is 5.75 Å². The highest BCUT2D eigenvalue weighted by molar-refractivity contribution is 6.19. The first-order valence-electron chi connectivity index (χ1n) is 10.5. The van der Waals surface area contributed by atoms with E-state index in [9.17, 15) is 19.6 Å². The van der Waals surface area contributed by atoms with Crippen molar-refractivity contribution in [3.8, 4) is 11.8 Å². The van der Waals surface area contributed by atoms with E-state index >= 15 is 0 Å². The Morgan fingerprint density at radius 1 is 1.15 bits per heavy atom. The van der Waals surface area contributed by atoms with Crippen LogP contribution < -0.4 is 10.5 Å². The van der Waals surface area contributed by atoms with E-state index in [1.165, 1.54) is 7.11 Å². The van der Waals surface area contributed by atoms with Crippen molar-refractivity contribution in [2.45, 2.75) is 12.3 Å². The fourth-order valence-corrected chi connectivity index (χ4v) is 4.39. The minimum absolute atomic E-state index is 0.0188. The maximum absolute atomic E-state index is 14.3. The first-order valence-corrected chi connectivity index (χ1v) is 10.5. The van der Waals surface area contributed by atoms with Gasteiger partial charge in [0.2, 0.25) is 11.8 Å². The number of rotatable bonds is 5. The number of fused-ring (bicyclic) bond motifs is 2. The molecule has 2 aliphatic heterocycles. The van der Waals surface area contributed by atoms with Crippen LogP contribution in [0, 0.1) is 11.3 Å². The number of hydrogen-bond acceptors (Lipinski definition) is 8. The zero-order valence-corrected chi connectivity index (χ0v) is 18.5. The number of methoxy groups -OCH3 is 1. The molecule has 34 heavy (non-hydrogen) atoms. The summed E-state index contributed by atoms with van der Waals surface area (Å²) in [5.41, 5.74) is 4.60. The third-order valence-electron chi connectivity index (χ3n) is 5.73. The molecule has 9 heteroatoms. The minimum atomic E-state index is -1.97. The van der Waals surface area contributed by atoms with Crippen molar-refractivity contribution in [3.63, 3.8) is 0 Å². The van der Waals surface area contributed by atoms with Gasteiger partial charge in [0.05, 0.1) is 25.0 Å². The molecule has 0 saturated heterocycles. The van der Waals surface area contributed by atoms with Gasteiger partial charge in [0, 0.05) is 5.56 Å². The molecule has 9 nitrogen and oxygen atoms in total. The second kappa shape index (κ2) is 8.75. The van der Waals surface area contributed by atoms with Crippen molar-refractivity contribution in [2.24, 2.45) is 5.73 Å². The van der Waals surface area contributed by atoms with Crippen LogP contribution in [0.1, 0.15) is 18.1 Å². The summed E-state index contributed by atoms with van der Waals surface area (Å²) in [5, 5.41) is 10.1. The van der Waals surface area contributed by atoms with E-state index < -0.39 is 29.8 Å². The minimum Gasteiger partial charge on any atom is -0.468 e. The number of esters is 2. The average molecular weight is 459 g/mol. The molecular weight excluding hydrogens is 438 g/mol. The molecule has 1 amide bonds. The van der Waals surface area contributed by atoms with Crippen LogP contribution in [-0.4, -0.2) is 43.0 Å². The topological polar surface area (TPSA) is 132 Å². The Morgan fingerprint density at radius 3 is 2.47 bits per heavy atom. The molecule has 2 heterocycles. The Hall–Kier alpha value is -4.58. The molecule has 2 N–H and O–H groups in total. The number of amides is 1. The quantitative estimate of drug-likeness (QED) is 0.672. The molecule has 0 aromatic heterocycles. The van der Waals surface area contributed by atoms with Crippen molar-refractivity contribution in [1.29, 1.82) is 5.26 Å². The lowest BCUT2D eigenvalue weighted by atomic mass is 9.67. The second-order valence-electron chi connectivity index (χ2n) is 7.48. The molecule has 2 aromatic rings. The number of nitrogens with zero attached hydrogens (tertiary/aromatic N) is 2. The maximum Gasteiger partial charge on any atom is 0.337 e. The summed E-state index contributed by atoms with van der Waals surface area (Å²) in [6.07, 6.45) is 0. The fourth-order valence-electron chi connectivity index (χ4n) is 4.39. The van der Waals surface area contributed by atoms with Gasteiger partial charge < -0.3 is 19.9 Å². The summed E-state index contributed by atoms with van der Waals surface area (Å²) in [6.45, 7) is 1.15. The summed E-state index contributed by atoms with van der Waals surface area (Å²) in [5.74, 6) is -2.35. The van der Waals surface area contributed by atoms with Gasteiger partial charge in [0.15, 0.2) is 5.41 Å². The van der Waals surface area contributed by atoms with Gasteiger partial charge >= 0.3 is 11.9 Å². The number of hydrogen-bond donors (Lipinski definition) is 1. The number of para-hydroxylation sites is 1. The molecule has 0 aliphatic carbocycles. The first kappa shape index (κ1) is 22.6. The van der Waals surface area contributed by atoms with Gasteiger partial charge in [-0.05, 0) is 18.6 Å². The normalized spacial score (nSPS) is 19.0. The Morgan fingerprint density at radius 2 is 1.82 bits per heavy atom. The Kier molecular flexibility index (Phi) is 5.82. The molecule has 2 aliphatic rings. The van der Waals surface area contributed by atoms with Crippen LogP contribution in [0.3, 0.4) is 0 Å². The average Bonchev–Trinajstić information content (AvgIpc) is 3.09. The van der Waals surface area contributed by atoms with Crippen LogP contribution >= 0.6 is 0 Å². The summed E-state index contributed by atoms with van der Waals surface area (Å²) < 4.78 is 15.8. The number of carbonyl (C=O) groups excluding carboxylic acids is 3. The highest BCUT2D eigenvalue weighted by atomic mass is 16.5. The molecule has 2 aromatic carbocycles. The van der Waals surface area contributed by atoms with Crippen LogP contribution in [0.15, 0.2) is 71.6 Å². The number of nitrogens with two attached hydrogens (primary N) is 1. The Labute approximate surface area is 195 Å². The van der Waals surface area contributed by atoms with Crippen molar-refractivity contribution in [3.05, 3.63) is 82.8 Å². The highest BCUT2D eigenvalue weighted by Crippen LogP contribution is 2.55. The standard InChI is InChI=1S/C25H21N3O6/c1-3-33-23(30)20-21(15-9-5-4-6-10-15)28(14-19(29)32-2)24(31)25(20)16-11-7-8-12-18(16)34-22(27)17(25)13-26/h4-12H,3,14,27H2,1-2H3/t25-/m0/s1. The van der Waals surface area contributed by atoms with Crippen LogP contribution in [0.4, 0.5) is 0 Å². The van der Waals surface area contributed by atoms with Gasteiger partial charge in [0.1, 0.15) is 23.9 Å². The molecule has 0 radical (unpaired) electrons. The monoisotopic (exact) mass is 459 g/mol. The van der Waals surface area contributed by atoms with Gasteiger partial charge in [-0.3, -0.25) is 14.5 Å². The van der Waals surface area contributed by atoms with Crippen LogP contribution in [-0.2, 0) is 29.3 Å². The van der Waals surface area contributed by atoms with E-state index in [-0.39, 0.29) is 40.6 Å². The van der Waals surface area contributed by atoms with E-state index in [0.717, 1.165) is 4.90 Å². The number of ether oxygens (including phenoxy) is 3. The SMILES string of the molecule is CCOC(=O)C1=C(c2ccccc2)N(CC(=O)OC)C(=O)[C@@]12C(C#N)=C(N)Oc1ccccc12. The number of nitriles is 1. The maximum atomic E-state index is 14.3. The molecule has 0 unspecified atom stereocenters. The molecule has 1 spiro atoms. The molecule has 0 saturated carbocycles. The molecule has 1 atom stereocenters. The van der Waals surface area contributed by atoms with E-state index in [4.69, 9.17) is 19.9 Å². The highest BCUT2D eigenvalue weighted by Gasteiger charge is 2.63. The fraction of sp³-hybridized carbons (Fsp3) is 0.200. The van der Waals surface area contributed by atoms with Gasteiger partial charge in [-0.2, -0.15) is 5.26 Å². The van der Waals surface area contributed by atoms with Crippen molar-refractivity contribution < 1.29 is 28.6 Å².